The van der Waals surface area contributed by atoms with E-state index in [-0.39, 0.29) is 11.0 Å². The number of fused-ring (bicyclic) bond motifs is 1. The molecule has 0 N–H and O–H groups in total. The van der Waals surface area contributed by atoms with Crippen molar-refractivity contribution in [3.05, 3.63) is 75.3 Å². The maximum Gasteiger partial charge on any atom is 0.337 e. The fourth-order valence-electron chi connectivity index (χ4n) is 3.43. The van der Waals surface area contributed by atoms with E-state index in [9.17, 15) is 14.9 Å². The highest BCUT2D eigenvalue weighted by Gasteiger charge is 2.37. The molecule has 2 unspecified atom stereocenters. The van der Waals surface area contributed by atoms with Gasteiger partial charge in [-0.05, 0) is 41.8 Å². The molecule has 1 aliphatic heterocycles. The standard InChI is InChI=1S/C19H20N2O4/c1-13(21(23)24)18-17-6-4-3-5-14(17)11-12-20(18)16-9-7-15(8-10-16)19(22)25-2/h3-10,13,18H,11-12H2,1-2H3. The molecule has 0 radical (unpaired) electrons. The molecule has 2 aromatic rings. The lowest BCUT2D eigenvalue weighted by Crippen LogP contribution is -2.43. The predicted molar refractivity (Wildman–Crippen MR) is 94.5 cm³/mol. The topological polar surface area (TPSA) is 72.7 Å². The van der Waals surface area contributed by atoms with Crippen molar-refractivity contribution < 1.29 is 14.5 Å². The van der Waals surface area contributed by atoms with Gasteiger partial charge in [-0.2, -0.15) is 0 Å². The molecule has 0 aromatic heterocycles. The number of nitro groups is 1. The number of nitrogens with zero attached hydrogens (tertiary/aromatic N) is 2. The molecule has 0 saturated carbocycles. The summed E-state index contributed by atoms with van der Waals surface area (Å²) in [6.45, 7) is 2.33. The number of benzene rings is 2. The van der Waals surface area contributed by atoms with Crippen LogP contribution in [0.1, 0.15) is 34.5 Å². The Balaban J connectivity index is 1.99. The minimum atomic E-state index is -0.748. The number of methoxy groups -OCH3 is 1. The van der Waals surface area contributed by atoms with Gasteiger partial charge in [-0.1, -0.05) is 24.3 Å². The lowest BCUT2D eigenvalue weighted by Gasteiger charge is -2.39. The van der Waals surface area contributed by atoms with Crippen LogP contribution >= 0.6 is 0 Å². The monoisotopic (exact) mass is 340 g/mol. The van der Waals surface area contributed by atoms with Crippen molar-refractivity contribution in [2.75, 3.05) is 18.6 Å². The van der Waals surface area contributed by atoms with Gasteiger partial charge in [0.05, 0.1) is 12.7 Å². The van der Waals surface area contributed by atoms with Crippen molar-refractivity contribution in [1.82, 2.24) is 0 Å². The summed E-state index contributed by atoms with van der Waals surface area (Å²) in [5.41, 5.74) is 3.47. The molecule has 1 aliphatic rings. The van der Waals surface area contributed by atoms with E-state index in [0.717, 1.165) is 23.2 Å². The third kappa shape index (κ3) is 3.20. The van der Waals surface area contributed by atoms with Crippen LogP contribution in [-0.2, 0) is 11.2 Å². The highest BCUT2D eigenvalue weighted by Crippen LogP contribution is 2.36. The summed E-state index contributed by atoms with van der Waals surface area (Å²) in [6, 6.07) is 13.8. The molecule has 2 atom stereocenters. The van der Waals surface area contributed by atoms with E-state index < -0.39 is 12.0 Å². The quantitative estimate of drug-likeness (QED) is 0.485. The van der Waals surface area contributed by atoms with Crippen LogP contribution in [0.15, 0.2) is 48.5 Å². The summed E-state index contributed by atoms with van der Waals surface area (Å²) in [5.74, 6) is -0.397. The number of rotatable bonds is 4. The molecule has 0 fully saturated rings. The van der Waals surface area contributed by atoms with Crippen molar-refractivity contribution in [3.8, 4) is 0 Å². The Morgan fingerprint density at radius 1 is 1.24 bits per heavy atom. The third-order valence-corrected chi connectivity index (χ3v) is 4.74. The maximum absolute atomic E-state index is 11.6. The Kier molecular flexibility index (Phi) is 4.70. The molecule has 0 amide bonds. The fraction of sp³-hybridized carbons (Fsp3) is 0.316. The first-order chi connectivity index (χ1) is 12.0. The molecule has 3 rings (SSSR count). The number of carbonyl (C=O) groups is 1. The van der Waals surface area contributed by atoms with Crippen molar-refractivity contribution >= 4 is 11.7 Å². The van der Waals surface area contributed by atoms with Gasteiger partial charge in [-0.3, -0.25) is 10.1 Å². The Bertz CT molecular complexity index is 788. The number of hydrogen-bond donors (Lipinski definition) is 0. The van der Waals surface area contributed by atoms with E-state index in [1.54, 1.807) is 19.1 Å². The highest BCUT2D eigenvalue weighted by molar-refractivity contribution is 5.89. The van der Waals surface area contributed by atoms with Crippen LogP contribution in [0.3, 0.4) is 0 Å². The summed E-state index contributed by atoms with van der Waals surface area (Å²) in [6.07, 6.45) is 0.829. The zero-order chi connectivity index (χ0) is 18.0. The minimum Gasteiger partial charge on any atom is -0.465 e. The summed E-state index contributed by atoms with van der Waals surface area (Å²) >= 11 is 0. The lowest BCUT2D eigenvalue weighted by atomic mass is 9.88. The molecule has 1 heterocycles. The fourth-order valence-corrected chi connectivity index (χ4v) is 3.43. The molecule has 6 nitrogen and oxygen atoms in total. The third-order valence-electron chi connectivity index (χ3n) is 4.74. The highest BCUT2D eigenvalue weighted by atomic mass is 16.6. The van der Waals surface area contributed by atoms with Crippen LogP contribution in [0.4, 0.5) is 5.69 Å². The van der Waals surface area contributed by atoms with Gasteiger partial charge in [0, 0.05) is 24.1 Å². The normalized spacial score (nSPS) is 17.5. The molecular formula is C19H20N2O4. The van der Waals surface area contributed by atoms with Gasteiger partial charge in [0.25, 0.3) is 0 Å². The van der Waals surface area contributed by atoms with Crippen molar-refractivity contribution in [3.63, 3.8) is 0 Å². The minimum absolute atomic E-state index is 0.234. The van der Waals surface area contributed by atoms with Crippen LogP contribution in [0, 0.1) is 10.1 Å². The first kappa shape index (κ1) is 17.0. The van der Waals surface area contributed by atoms with E-state index in [0.29, 0.717) is 12.1 Å². The van der Waals surface area contributed by atoms with Crippen LogP contribution in [0.5, 0.6) is 0 Å². The average molecular weight is 340 g/mol. The van der Waals surface area contributed by atoms with Gasteiger partial charge in [-0.15, -0.1) is 0 Å². The van der Waals surface area contributed by atoms with Crippen molar-refractivity contribution in [2.24, 2.45) is 0 Å². The van der Waals surface area contributed by atoms with Crippen LogP contribution < -0.4 is 4.90 Å². The predicted octanol–water partition coefficient (Wildman–Crippen LogP) is 3.24. The smallest absolute Gasteiger partial charge is 0.337 e. The van der Waals surface area contributed by atoms with E-state index in [1.165, 1.54) is 7.11 Å². The molecule has 0 aliphatic carbocycles. The second-order valence-corrected chi connectivity index (χ2v) is 6.15. The number of anilines is 1. The average Bonchev–Trinajstić information content (AvgIpc) is 2.66. The molecule has 0 saturated heterocycles. The Labute approximate surface area is 146 Å². The second-order valence-electron chi connectivity index (χ2n) is 6.15. The molecule has 0 bridgehead atoms. The SMILES string of the molecule is COC(=O)c1ccc(N2CCc3ccccc3C2C(C)[N+](=O)[O-])cc1. The van der Waals surface area contributed by atoms with E-state index >= 15 is 0 Å². The number of hydrogen-bond acceptors (Lipinski definition) is 5. The zero-order valence-electron chi connectivity index (χ0n) is 14.2. The summed E-state index contributed by atoms with van der Waals surface area (Å²) in [7, 11) is 1.34. The van der Waals surface area contributed by atoms with E-state index in [2.05, 4.69) is 4.90 Å². The molecule has 6 heteroatoms. The van der Waals surface area contributed by atoms with Crippen LogP contribution in [-0.4, -0.2) is 30.6 Å². The molecular weight excluding hydrogens is 320 g/mol. The zero-order valence-corrected chi connectivity index (χ0v) is 14.2. The number of esters is 1. The first-order valence-corrected chi connectivity index (χ1v) is 8.19. The van der Waals surface area contributed by atoms with Gasteiger partial charge < -0.3 is 9.64 Å². The van der Waals surface area contributed by atoms with E-state index in [1.807, 2.05) is 36.4 Å². The van der Waals surface area contributed by atoms with Crippen molar-refractivity contribution in [2.45, 2.75) is 25.4 Å². The van der Waals surface area contributed by atoms with Gasteiger partial charge in [0.1, 0.15) is 6.04 Å². The van der Waals surface area contributed by atoms with Gasteiger partial charge in [0.2, 0.25) is 6.04 Å². The first-order valence-electron chi connectivity index (χ1n) is 8.19. The molecule has 0 spiro atoms. The molecule has 25 heavy (non-hydrogen) atoms. The Morgan fingerprint density at radius 3 is 2.56 bits per heavy atom. The Hall–Kier alpha value is -2.89. The van der Waals surface area contributed by atoms with Gasteiger partial charge in [0.15, 0.2) is 0 Å². The summed E-state index contributed by atoms with van der Waals surface area (Å²) < 4.78 is 4.72. The van der Waals surface area contributed by atoms with Gasteiger partial charge >= 0.3 is 5.97 Å². The van der Waals surface area contributed by atoms with E-state index in [4.69, 9.17) is 4.74 Å². The lowest BCUT2D eigenvalue weighted by molar-refractivity contribution is -0.522. The second kappa shape index (κ2) is 6.93. The number of ether oxygens (including phenoxy) is 1. The molecule has 2 aromatic carbocycles. The largest absolute Gasteiger partial charge is 0.465 e. The van der Waals surface area contributed by atoms with Crippen LogP contribution in [0.2, 0.25) is 0 Å². The maximum atomic E-state index is 11.6. The number of carbonyl (C=O) groups excluding carboxylic acids is 1. The molecule has 130 valence electrons. The van der Waals surface area contributed by atoms with Crippen LogP contribution in [0.25, 0.3) is 0 Å². The summed E-state index contributed by atoms with van der Waals surface area (Å²) in [4.78, 5) is 24.9. The van der Waals surface area contributed by atoms with Crippen molar-refractivity contribution in [1.29, 1.82) is 0 Å². The summed E-state index contributed by atoms with van der Waals surface area (Å²) in [5, 5.41) is 11.5. The van der Waals surface area contributed by atoms with Gasteiger partial charge in [-0.25, -0.2) is 4.79 Å². The Morgan fingerprint density at radius 2 is 1.92 bits per heavy atom.